The number of nitrogens with zero attached hydrogens (tertiary/aromatic N) is 3. The van der Waals surface area contributed by atoms with Gasteiger partial charge in [0, 0.05) is 35.0 Å². The highest BCUT2D eigenvalue weighted by Gasteiger charge is 2.26. The van der Waals surface area contributed by atoms with Gasteiger partial charge in [0.25, 0.3) is 5.91 Å². The van der Waals surface area contributed by atoms with E-state index in [-0.39, 0.29) is 6.04 Å². The van der Waals surface area contributed by atoms with Crippen LogP contribution in [0.25, 0.3) is 17.0 Å². The minimum Gasteiger partial charge on any atom is -0.452 e. The molecule has 0 atom stereocenters. The van der Waals surface area contributed by atoms with Crippen molar-refractivity contribution in [2.45, 2.75) is 52.0 Å². The van der Waals surface area contributed by atoms with Gasteiger partial charge in [-0.15, -0.1) is 0 Å². The third kappa shape index (κ3) is 4.86. The lowest BCUT2D eigenvalue weighted by atomic mass is 9.95. The quantitative estimate of drug-likeness (QED) is 0.405. The van der Waals surface area contributed by atoms with Crippen molar-refractivity contribution in [1.29, 1.82) is 5.26 Å². The van der Waals surface area contributed by atoms with E-state index in [9.17, 15) is 14.9 Å². The van der Waals surface area contributed by atoms with Crippen LogP contribution in [-0.2, 0) is 14.3 Å². The molecule has 1 fully saturated rings. The second-order valence-electron chi connectivity index (χ2n) is 8.62. The number of anilines is 1. The molecule has 34 heavy (non-hydrogen) atoms. The van der Waals surface area contributed by atoms with Crippen LogP contribution in [-0.4, -0.2) is 28.0 Å². The summed E-state index contributed by atoms with van der Waals surface area (Å²) in [5.41, 5.74) is 3.89. The number of carbonyl (C=O) groups is 2. The molecule has 2 heterocycles. The minimum atomic E-state index is -0.626. The van der Waals surface area contributed by atoms with Gasteiger partial charge in [-0.2, -0.15) is 5.26 Å². The summed E-state index contributed by atoms with van der Waals surface area (Å²) in [6.45, 7) is 3.44. The molecular weight excluding hydrogens is 428 g/mol. The highest BCUT2D eigenvalue weighted by atomic mass is 16.5. The van der Waals surface area contributed by atoms with Crippen LogP contribution in [0.4, 0.5) is 5.82 Å². The molecule has 1 saturated carbocycles. The summed E-state index contributed by atoms with van der Waals surface area (Å²) in [5, 5.41) is 13.5. The summed E-state index contributed by atoms with van der Waals surface area (Å²) < 4.78 is 7.24. The van der Waals surface area contributed by atoms with Crippen molar-refractivity contribution in [3.8, 4) is 6.07 Å². The number of fused-ring (bicyclic) bond motifs is 1. The Kier molecular flexibility index (Phi) is 7.07. The molecule has 0 unspecified atom stereocenters. The van der Waals surface area contributed by atoms with Crippen molar-refractivity contribution in [2.24, 2.45) is 0 Å². The maximum atomic E-state index is 12.6. The normalized spacial score (nSPS) is 14.3. The summed E-state index contributed by atoms with van der Waals surface area (Å²) in [6, 6.07) is 12.0. The molecule has 1 aliphatic carbocycles. The van der Waals surface area contributed by atoms with Crippen molar-refractivity contribution < 1.29 is 14.3 Å². The summed E-state index contributed by atoms with van der Waals surface area (Å²) in [7, 11) is 0. The van der Waals surface area contributed by atoms with E-state index in [1.165, 1.54) is 12.5 Å². The van der Waals surface area contributed by atoms with E-state index in [0.29, 0.717) is 11.4 Å². The molecule has 7 nitrogen and oxygen atoms in total. The van der Waals surface area contributed by atoms with Gasteiger partial charge in [-0.25, -0.2) is 4.79 Å². The molecule has 2 aromatic heterocycles. The molecule has 1 aliphatic rings. The molecule has 0 bridgehead atoms. The zero-order valence-corrected chi connectivity index (χ0v) is 19.5. The number of amides is 1. The standard InChI is InChI=1S/C27H28N4O3/c1-18-19(2)31(22-11-4-3-5-12-22)27(23(18)16-28)30-24(32)17-34-25(33)14-13-21-9-6-8-20-10-7-15-29-26(20)21/h6-10,13-15,22H,3-5,11-12,17H2,1-2H3,(H,30,32)/b14-13+. The molecule has 0 saturated heterocycles. The highest BCUT2D eigenvalue weighted by Crippen LogP contribution is 2.36. The lowest BCUT2D eigenvalue weighted by molar-refractivity contribution is -0.142. The predicted octanol–water partition coefficient (Wildman–Crippen LogP) is 5.23. The molecule has 3 aromatic rings. The molecule has 7 heteroatoms. The maximum absolute atomic E-state index is 12.6. The maximum Gasteiger partial charge on any atom is 0.331 e. The van der Waals surface area contributed by atoms with Gasteiger partial charge < -0.3 is 14.6 Å². The second kappa shape index (κ2) is 10.3. The van der Waals surface area contributed by atoms with Crippen LogP contribution in [0.1, 0.15) is 60.5 Å². The van der Waals surface area contributed by atoms with Crippen LogP contribution in [0, 0.1) is 25.2 Å². The molecule has 4 rings (SSSR count). The van der Waals surface area contributed by atoms with Gasteiger partial charge in [0.05, 0.1) is 11.1 Å². The van der Waals surface area contributed by atoms with Crippen molar-refractivity contribution in [2.75, 3.05) is 11.9 Å². The van der Waals surface area contributed by atoms with Crippen molar-refractivity contribution in [1.82, 2.24) is 9.55 Å². The Bertz CT molecular complexity index is 1290. The summed E-state index contributed by atoms with van der Waals surface area (Å²) in [4.78, 5) is 29.2. The number of hydrogen-bond acceptors (Lipinski definition) is 5. The predicted molar refractivity (Wildman–Crippen MR) is 131 cm³/mol. The van der Waals surface area contributed by atoms with Crippen LogP contribution in [0.2, 0.25) is 0 Å². The lowest BCUT2D eigenvalue weighted by Crippen LogP contribution is -2.24. The Morgan fingerprint density at radius 3 is 2.74 bits per heavy atom. The molecule has 1 N–H and O–H groups in total. The number of nitrogens with one attached hydrogen (secondary N) is 1. The fraction of sp³-hybridized carbons (Fsp3) is 0.333. The number of rotatable bonds is 6. The number of para-hydroxylation sites is 1. The van der Waals surface area contributed by atoms with Crippen molar-refractivity contribution >= 4 is 34.7 Å². The second-order valence-corrected chi connectivity index (χ2v) is 8.62. The van der Waals surface area contributed by atoms with Crippen LogP contribution in [0.5, 0.6) is 0 Å². The number of nitriles is 1. The average Bonchev–Trinajstić information content (AvgIpc) is 3.10. The highest BCUT2D eigenvalue weighted by molar-refractivity contribution is 5.96. The summed E-state index contributed by atoms with van der Waals surface area (Å²) >= 11 is 0. The van der Waals surface area contributed by atoms with Gasteiger partial charge in [0.1, 0.15) is 11.9 Å². The zero-order valence-electron chi connectivity index (χ0n) is 19.5. The zero-order chi connectivity index (χ0) is 24.1. The molecule has 0 radical (unpaired) electrons. The Morgan fingerprint density at radius 2 is 1.97 bits per heavy atom. The Hall–Kier alpha value is -3.92. The van der Waals surface area contributed by atoms with E-state index in [4.69, 9.17) is 4.74 Å². The van der Waals surface area contributed by atoms with E-state index >= 15 is 0 Å². The van der Waals surface area contributed by atoms with Gasteiger partial charge in [0.2, 0.25) is 0 Å². The summed E-state index contributed by atoms with van der Waals surface area (Å²) in [6.07, 6.45) is 10.1. The number of ether oxygens (including phenoxy) is 1. The van der Waals surface area contributed by atoms with Crippen molar-refractivity contribution in [3.63, 3.8) is 0 Å². The van der Waals surface area contributed by atoms with Crippen molar-refractivity contribution in [3.05, 3.63) is 65.0 Å². The van der Waals surface area contributed by atoms with Crippen LogP contribution < -0.4 is 5.32 Å². The van der Waals surface area contributed by atoms with E-state index in [1.807, 2.05) is 44.2 Å². The SMILES string of the molecule is Cc1c(C#N)c(NC(=O)COC(=O)/C=C/c2cccc3cccnc23)n(C2CCCCC2)c1C. The van der Waals surface area contributed by atoms with Gasteiger partial charge in [-0.1, -0.05) is 43.5 Å². The molecule has 1 amide bonds. The Balaban J connectivity index is 1.43. The van der Waals surface area contributed by atoms with Gasteiger partial charge in [0.15, 0.2) is 6.61 Å². The minimum absolute atomic E-state index is 0.254. The molecule has 174 valence electrons. The van der Waals surface area contributed by atoms with Crippen LogP contribution in [0.3, 0.4) is 0 Å². The van der Waals surface area contributed by atoms with Gasteiger partial charge >= 0.3 is 5.97 Å². The van der Waals surface area contributed by atoms with Crippen LogP contribution in [0.15, 0.2) is 42.6 Å². The molecular formula is C27H28N4O3. The first-order chi connectivity index (χ1) is 16.5. The third-order valence-corrected chi connectivity index (χ3v) is 6.47. The first kappa shape index (κ1) is 23.2. The van der Waals surface area contributed by atoms with E-state index in [2.05, 4.69) is 20.9 Å². The Morgan fingerprint density at radius 1 is 1.21 bits per heavy atom. The third-order valence-electron chi connectivity index (χ3n) is 6.47. The lowest BCUT2D eigenvalue weighted by Gasteiger charge is -2.27. The number of hydrogen-bond donors (Lipinski definition) is 1. The van der Waals surface area contributed by atoms with Gasteiger partial charge in [-0.3, -0.25) is 9.78 Å². The Labute approximate surface area is 199 Å². The first-order valence-corrected chi connectivity index (χ1v) is 11.6. The van der Waals surface area contributed by atoms with E-state index in [1.54, 1.807) is 12.3 Å². The molecule has 0 aliphatic heterocycles. The topological polar surface area (TPSA) is 97.0 Å². The van der Waals surface area contributed by atoms with Gasteiger partial charge in [-0.05, 0) is 44.4 Å². The molecule has 1 aromatic carbocycles. The smallest absolute Gasteiger partial charge is 0.331 e. The number of carbonyl (C=O) groups excluding carboxylic acids is 2. The van der Waals surface area contributed by atoms with E-state index < -0.39 is 18.5 Å². The largest absolute Gasteiger partial charge is 0.452 e. The average molecular weight is 457 g/mol. The summed E-state index contributed by atoms with van der Waals surface area (Å²) in [5.74, 6) is -0.596. The first-order valence-electron chi connectivity index (χ1n) is 11.6. The van der Waals surface area contributed by atoms with E-state index in [0.717, 1.165) is 53.4 Å². The number of esters is 1. The fourth-order valence-corrected chi connectivity index (χ4v) is 4.66. The fourth-order valence-electron chi connectivity index (χ4n) is 4.66. The number of aromatic nitrogens is 2. The number of pyridine rings is 1. The van der Waals surface area contributed by atoms with Crippen LogP contribution >= 0.6 is 0 Å². The number of benzene rings is 1. The monoisotopic (exact) mass is 456 g/mol. The molecule has 0 spiro atoms.